The predicted octanol–water partition coefficient (Wildman–Crippen LogP) is 2.08. The van der Waals surface area contributed by atoms with E-state index in [1.807, 2.05) is 13.8 Å². The topological polar surface area (TPSA) is 82.9 Å². The van der Waals surface area contributed by atoms with Crippen LogP contribution in [0.15, 0.2) is 23.8 Å². The van der Waals surface area contributed by atoms with E-state index in [-0.39, 0.29) is 12.5 Å². The van der Waals surface area contributed by atoms with Gasteiger partial charge in [-0.3, -0.25) is 14.4 Å². The highest BCUT2D eigenvalue weighted by Gasteiger charge is 2.40. The number of hydrogen-bond donors (Lipinski definition) is 0. The molecule has 26 heavy (non-hydrogen) atoms. The molecule has 0 bridgehead atoms. The lowest BCUT2D eigenvalue weighted by Crippen LogP contribution is -2.43. The van der Waals surface area contributed by atoms with Gasteiger partial charge in [-0.25, -0.2) is 5.06 Å². The van der Waals surface area contributed by atoms with Crippen LogP contribution in [0.3, 0.4) is 0 Å². The van der Waals surface area contributed by atoms with E-state index in [1.165, 1.54) is 7.11 Å². The number of likely N-dealkylation sites (tertiary alicyclic amines) is 1. The highest BCUT2D eigenvalue weighted by molar-refractivity contribution is 5.92. The molecular formula is C19H21N3O4. The summed E-state index contributed by atoms with van der Waals surface area (Å²) in [7, 11) is 1.41. The van der Waals surface area contributed by atoms with Gasteiger partial charge in [-0.15, -0.1) is 0 Å². The predicted molar refractivity (Wildman–Crippen MR) is 93.5 cm³/mol. The first kappa shape index (κ1) is 18.0. The molecule has 2 aliphatic heterocycles. The molecule has 0 aromatic heterocycles. The normalized spacial score (nSPS) is 18.2. The minimum Gasteiger partial charge on any atom is -0.483 e. The number of ether oxygens (including phenoxy) is 1. The summed E-state index contributed by atoms with van der Waals surface area (Å²) in [6, 6.07) is 7.29. The van der Waals surface area contributed by atoms with Crippen LogP contribution in [0.1, 0.15) is 37.8 Å². The van der Waals surface area contributed by atoms with E-state index in [9.17, 15) is 14.9 Å². The molecule has 0 atom stereocenters. The molecule has 1 aromatic carbocycles. The van der Waals surface area contributed by atoms with Crippen LogP contribution in [0.4, 0.5) is 0 Å². The summed E-state index contributed by atoms with van der Waals surface area (Å²) in [5.41, 5.74) is 1.88. The zero-order valence-corrected chi connectivity index (χ0v) is 15.1. The number of amides is 2. The number of carbonyl (C=O) groups is 2. The Kier molecular flexibility index (Phi) is 4.70. The Balaban J connectivity index is 2.24. The highest BCUT2D eigenvalue weighted by Crippen LogP contribution is 2.44. The maximum absolute atomic E-state index is 12.5. The number of hydrogen-bond acceptors (Lipinski definition) is 5. The molecule has 2 aliphatic rings. The molecule has 0 unspecified atom stereocenters. The van der Waals surface area contributed by atoms with Gasteiger partial charge in [0.25, 0.3) is 0 Å². The maximum Gasteiger partial charge on any atom is 0.233 e. The number of hydroxylamine groups is 2. The van der Waals surface area contributed by atoms with Gasteiger partial charge in [0.1, 0.15) is 11.4 Å². The molecule has 0 spiro atoms. The Morgan fingerprint density at radius 1 is 1.46 bits per heavy atom. The van der Waals surface area contributed by atoms with E-state index in [0.29, 0.717) is 41.9 Å². The summed E-state index contributed by atoms with van der Waals surface area (Å²) in [6.07, 6.45) is 1.84. The third-order valence-electron chi connectivity index (χ3n) is 4.75. The van der Waals surface area contributed by atoms with Crippen molar-refractivity contribution in [2.45, 2.75) is 32.3 Å². The van der Waals surface area contributed by atoms with Gasteiger partial charge in [-0.1, -0.05) is 0 Å². The van der Waals surface area contributed by atoms with Crippen LogP contribution in [0.2, 0.25) is 0 Å². The van der Waals surface area contributed by atoms with Crippen LogP contribution < -0.4 is 4.74 Å². The van der Waals surface area contributed by atoms with Gasteiger partial charge in [-0.05, 0) is 38.5 Å². The first-order chi connectivity index (χ1) is 12.4. The third kappa shape index (κ3) is 3.04. The smallest absolute Gasteiger partial charge is 0.233 e. The third-order valence-corrected chi connectivity index (χ3v) is 4.75. The lowest BCUT2D eigenvalue weighted by molar-refractivity contribution is -0.159. The van der Waals surface area contributed by atoms with Crippen molar-refractivity contribution in [2.75, 3.05) is 20.2 Å². The molecule has 2 amide bonds. The zero-order valence-electron chi connectivity index (χ0n) is 15.1. The number of benzene rings is 1. The van der Waals surface area contributed by atoms with Crippen molar-refractivity contribution in [2.24, 2.45) is 0 Å². The maximum atomic E-state index is 12.5. The fourth-order valence-electron chi connectivity index (χ4n) is 3.42. The molecule has 136 valence electrons. The first-order valence-corrected chi connectivity index (χ1v) is 8.45. The molecule has 1 saturated heterocycles. The van der Waals surface area contributed by atoms with E-state index >= 15 is 0 Å². The summed E-state index contributed by atoms with van der Waals surface area (Å²) in [5.74, 6) is 0.640. The van der Waals surface area contributed by atoms with Crippen LogP contribution in [0.5, 0.6) is 5.75 Å². The Bertz CT molecular complexity index is 823. The monoisotopic (exact) mass is 355 g/mol. The Morgan fingerprint density at radius 2 is 2.23 bits per heavy atom. The Morgan fingerprint density at radius 3 is 2.81 bits per heavy atom. The standard InChI is InChI=1S/C19H21N3O4/c1-19(2)15(11-21(12-23)25-3)18(22-8-4-5-17(22)24)14-9-13(10-20)6-7-16(14)26-19/h6-7,9,12H,4-5,8,11H2,1-3H3. The molecular weight excluding hydrogens is 334 g/mol. The van der Waals surface area contributed by atoms with Gasteiger partial charge in [0.2, 0.25) is 12.3 Å². The SMILES string of the molecule is CON(C=O)CC1=C(N2CCCC2=O)c2cc(C#N)ccc2OC1(C)C. The number of carbonyl (C=O) groups excluding carboxylic acids is 2. The van der Waals surface area contributed by atoms with Gasteiger partial charge in [-0.2, -0.15) is 5.26 Å². The minimum atomic E-state index is -0.751. The summed E-state index contributed by atoms with van der Waals surface area (Å²) < 4.78 is 6.14. The van der Waals surface area contributed by atoms with Crippen LogP contribution in [-0.2, 0) is 14.4 Å². The lowest BCUT2D eigenvalue weighted by Gasteiger charge is -2.40. The van der Waals surface area contributed by atoms with E-state index in [4.69, 9.17) is 9.57 Å². The van der Waals surface area contributed by atoms with E-state index in [2.05, 4.69) is 6.07 Å². The molecule has 2 heterocycles. The molecule has 3 rings (SSSR count). The van der Waals surface area contributed by atoms with Crippen LogP contribution in [-0.4, -0.2) is 48.1 Å². The molecule has 0 saturated carbocycles. The second kappa shape index (κ2) is 6.81. The van der Waals surface area contributed by atoms with E-state index in [0.717, 1.165) is 17.1 Å². The lowest BCUT2D eigenvalue weighted by atomic mass is 9.88. The van der Waals surface area contributed by atoms with Crippen LogP contribution in [0, 0.1) is 11.3 Å². The molecule has 7 heteroatoms. The van der Waals surface area contributed by atoms with Crippen molar-refractivity contribution in [1.82, 2.24) is 9.96 Å². The van der Waals surface area contributed by atoms with Crippen LogP contribution in [0.25, 0.3) is 5.70 Å². The Hall–Kier alpha value is -2.85. The summed E-state index contributed by atoms with van der Waals surface area (Å²) in [6.45, 7) is 4.53. The zero-order chi connectivity index (χ0) is 18.9. The quantitative estimate of drug-likeness (QED) is 0.596. The average Bonchev–Trinajstić information content (AvgIpc) is 3.04. The second-order valence-corrected chi connectivity index (χ2v) is 6.77. The van der Waals surface area contributed by atoms with Gasteiger partial charge in [0, 0.05) is 24.1 Å². The summed E-state index contributed by atoms with van der Waals surface area (Å²) in [4.78, 5) is 30.6. The van der Waals surface area contributed by atoms with Crippen molar-refractivity contribution < 1.29 is 19.2 Å². The van der Waals surface area contributed by atoms with Crippen LogP contribution >= 0.6 is 0 Å². The summed E-state index contributed by atoms with van der Waals surface area (Å²) in [5, 5.41) is 10.4. The van der Waals surface area contributed by atoms with Gasteiger partial charge in [0.15, 0.2) is 0 Å². The largest absolute Gasteiger partial charge is 0.483 e. The fraction of sp³-hybridized carbons (Fsp3) is 0.421. The second-order valence-electron chi connectivity index (χ2n) is 6.77. The highest BCUT2D eigenvalue weighted by atomic mass is 16.7. The number of nitriles is 1. The van der Waals surface area contributed by atoms with Crippen molar-refractivity contribution in [3.63, 3.8) is 0 Å². The van der Waals surface area contributed by atoms with Crippen molar-refractivity contribution in [1.29, 1.82) is 5.26 Å². The number of rotatable bonds is 5. The van der Waals surface area contributed by atoms with Crippen molar-refractivity contribution in [3.8, 4) is 11.8 Å². The fourth-order valence-corrected chi connectivity index (χ4v) is 3.42. The molecule has 1 fully saturated rings. The minimum absolute atomic E-state index is 0.0265. The first-order valence-electron chi connectivity index (χ1n) is 8.45. The number of nitrogens with zero attached hydrogens (tertiary/aromatic N) is 3. The van der Waals surface area contributed by atoms with Gasteiger partial charge >= 0.3 is 0 Å². The molecule has 7 nitrogen and oxygen atoms in total. The molecule has 1 aromatic rings. The van der Waals surface area contributed by atoms with Crippen molar-refractivity contribution in [3.05, 3.63) is 34.9 Å². The van der Waals surface area contributed by atoms with Gasteiger partial charge < -0.3 is 9.64 Å². The summed E-state index contributed by atoms with van der Waals surface area (Å²) >= 11 is 0. The Labute approximate surface area is 152 Å². The molecule has 0 N–H and O–H groups in total. The van der Waals surface area contributed by atoms with E-state index < -0.39 is 5.60 Å². The van der Waals surface area contributed by atoms with E-state index in [1.54, 1.807) is 23.1 Å². The average molecular weight is 355 g/mol. The van der Waals surface area contributed by atoms with Gasteiger partial charge in [0.05, 0.1) is 31.0 Å². The number of fused-ring (bicyclic) bond motifs is 1. The van der Waals surface area contributed by atoms with Crippen molar-refractivity contribution >= 4 is 18.0 Å². The molecule has 0 aliphatic carbocycles. The molecule has 0 radical (unpaired) electrons.